The fraction of sp³-hybridized carbons (Fsp3) is 0.111. The van der Waals surface area contributed by atoms with Gasteiger partial charge in [0.05, 0.1) is 11.1 Å². The summed E-state index contributed by atoms with van der Waals surface area (Å²) in [6.07, 6.45) is -10.2. The van der Waals surface area contributed by atoms with Gasteiger partial charge < -0.3 is 15.5 Å². The lowest BCUT2D eigenvalue weighted by Gasteiger charge is -2.14. The van der Waals surface area contributed by atoms with Crippen LogP contribution in [0.3, 0.4) is 0 Å². The van der Waals surface area contributed by atoms with Gasteiger partial charge in [-0.15, -0.1) is 0 Å². The number of nitrogens with two attached hydrogens (primary N) is 1. The molecule has 5 nitrogen and oxygen atoms in total. The van der Waals surface area contributed by atoms with Crippen LogP contribution in [0.1, 0.15) is 32.0 Å². The monoisotopic (exact) mass is 416 g/mol. The van der Waals surface area contributed by atoms with Crippen molar-refractivity contribution in [3.63, 3.8) is 0 Å². The summed E-state index contributed by atoms with van der Waals surface area (Å²) in [5.74, 6) is -2.89. The van der Waals surface area contributed by atoms with Crippen LogP contribution in [-0.2, 0) is 12.4 Å². The largest absolute Gasteiger partial charge is 0.449 e. The predicted octanol–water partition coefficient (Wildman–Crippen LogP) is 4.82. The van der Waals surface area contributed by atoms with E-state index in [0.717, 1.165) is 0 Å². The molecule has 0 aliphatic rings. The smallest absolute Gasteiger partial charge is 0.416 e. The topological polar surface area (TPSA) is 85.3 Å². The minimum atomic E-state index is -5.11. The van der Waals surface area contributed by atoms with Crippen molar-refractivity contribution in [1.29, 1.82) is 0 Å². The Labute approximate surface area is 158 Å². The molecule has 3 aromatic rings. The summed E-state index contributed by atoms with van der Waals surface area (Å²) in [6.45, 7) is 0. The van der Waals surface area contributed by atoms with Crippen molar-refractivity contribution in [1.82, 2.24) is 0 Å². The Bertz CT molecular complexity index is 1080. The van der Waals surface area contributed by atoms with E-state index in [2.05, 4.69) is 5.32 Å². The van der Waals surface area contributed by atoms with Crippen LogP contribution in [-0.4, -0.2) is 11.8 Å². The van der Waals surface area contributed by atoms with E-state index in [1.165, 1.54) is 18.2 Å². The van der Waals surface area contributed by atoms with Crippen LogP contribution in [0.15, 0.2) is 46.9 Å². The van der Waals surface area contributed by atoms with Gasteiger partial charge in [0.25, 0.3) is 11.8 Å². The first-order valence-corrected chi connectivity index (χ1v) is 7.80. The number of hydrogen-bond donors (Lipinski definition) is 2. The number of hydrogen-bond acceptors (Lipinski definition) is 3. The first kappa shape index (κ1) is 20.2. The van der Waals surface area contributed by atoms with Crippen molar-refractivity contribution in [2.45, 2.75) is 12.4 Å². The number of anilines is 1. The van der Waals surface area contributed by atoms with Crippen molar-refractivity contribution >= 4 is 28.5 Å². The van der Waals surface area contributed by atoms with Gasteiger partial charge in [0.2, 0.25) is 5.76 Å². The molecule has 0 aliphatic heterocycles. The lowest BCUT2D eigenvalue weighted by atomic mass is 10.0. The summed E-state index contributed by atoms with van der Waals surface area (Å²) < 4.78 is 83.1. The third-order valence-electron chi connectivity index (χ3n) is 3.91. The van der Waals surface area contributed by atoms with Crippen molar-refractivity contribution in [2.24, 2.45) is 5.73 Å². The zero-order chi connectivity index (χ0) is 21.6. The number of para-hydroxylation sites is 1. The Morgan fingerprint density at radius 3 is 1.97 bits per heavy atom. The van der Waals surface area contributed by atoms with Crippen molar-refractivity contribution in [3.8, 4) is 0 Å². The molecule has 0 unspecified atom stereocenters. The number of alkyl halides is 6. The molecule has 29 heavy (non-hydrogen) atoms. The Morgan fingerprint density at radius 1 is 0.897 bits per heavy atom. The highest BCUT2D eigenvalue weighted by molar-refractivity contribution is 6.14. The zero-order valence-corrected chi connectivity index (χ0v) is 14.1. The summed E-state index contributed by atoms with van der Waals surface area (Å²) in [4.78, 5) is 24.0. The number of carbonyl (C=O) groups is 2. The fourth-order valence-corrected chi connectivity index (χ4v) is 2.61. The third kappa shape index (κ3) is 4.03. The Balaban J connectivity index is 2.09. The molecule has 1 heterocycles. The normalized spacial score (nSPS) is 12.2. The molecule has 11 heteroatoms. The van der Waals surface area contributed by atoms with Crippen molar-refractivity contribution < 1.29 is 40.3 Å². The number of benzene rings is 2. The molecule has 3 N–H and O–H groups in total. The molecule has 0 saturated heterocycles. The van der Waals surface area contributed by atoms with Gasteiger partial charge in [-0.1, -0.05) is 12.1 Å². The maximum Gasteiger partial charge on any atom is 0.416 e. The van der Waals surface area contributed by atoms with Crippen LogP contribution in [0.5, 0.6) is 0 Å². The summed E-state index contributed by atoms with van der Waals surface area (Å²) in [5, 5.41) is 2.31. The number of halogens is 6. The molecule has 0 saturated carbocycles. The van der Waals surface area contributed by atoms with Gasteiger partial charge in [-0.2, -0.15) is 26.3 Å². The SMILES string of the molecule is NC(=O)c1oc2ccccc2c1NC(=O)c1cc(C(F)(F)F)cc(C(F)(F)F)c1. The first-order valence-electron chi connectivity index (χ1n) is 7.80. The molecule has 1 aromatic heterocycles. The number of rotatable bonds is 3. The average Bonchev–Trinajstić information content (AvgIpc) is 2.99. The second kappa shape index (κ2) is 6.83. The molecule has 2 aromatic carbocycles. The molecule has 0 atom stereocenters. The Morgan fingerprint density at radius 2 is 1.45 bits per heavy atom. The number of furan rings is 1. The van der Waals surface area contributed by atoms with Crippen LogP contribution in [0.25, 0.3) is 11.0 Å². The third-order valence-corrected chi connectivity index (χ3v) is 3.91. The minimum Gasteiger partial charge on any atom is -0.449 e. The Hall–Kier alpha value is -3.50. The summed E-state index contributed by atoms with van der Waals surface area (Å²) >= 11 is 0. The highest BCUT2D eigenvalue weighted by atomic mass is 19.4. The van der Waals surface area contributed by atoms with E-state index in [4.69, 9.17) is 10.2 Å². The fourth-order valence-electron chi connectivity index (χ4n) is 2.61. The lowest BCUT2D eigenvalue weighted by molar-refractivity contribution is -0.143. The molecule has 3 rings (SSSR count). The van der Waals surface area contributed by atoms with Gasteiger partial charge >= 0.3 is 12.4 Å². The van der Waals surface area contributed by atoms with E-state index in [0.29, 0.717) is 0 Å². The number of primary amides is 1. The van der Waals surface area contributed by atoms with Crippen LogP contribution in [0, 0.1) is 0 Å². The summed E-state index contributed by atoms with van der Waals surface area (Å²) in [6, 6.07) is 6.37. The van der Waals surface area contributed by atoms with Crippen LogP contribution >= 0.6 is 0 Å². The standard InChI is InChI=1S/C18H10F6N2O3/c19-17(20,21)9-5-8(6-10(7-9)18(22,23)24)16(28)26-13-11-3-1-2-4-12(11)29-14(13)15(25)27/h1-7H,(H2,25,27)(H,26,28). The maximum atomic E-state index is 13.0. The molecule has 0 radical (unpaired) electrons. The van der Waals surface area contributed by atoms with Crippen LogP contribution < -0.4 is 11.1 Å². The van der Waals surface area contributed by atoms with E-state index in [1.807, 2.05) is 0 Å². The van der Waals surface area contributed by atoms with E-state index in [9.17, 15) is 35.9 Å². The van der Waals surface area contributed by atoms with Crippen LogP contribution in [0.4, 0.5) is 32.0 Å². The summed E-state index contributed by atoms with van der Waals surface area (Å²) in [7, 11) is 0. The van der Waals surface area contributed by atoms with Gasteiger partial charge in [0.1, 0.15) is 11.3 Å². The van der Waals surface area contributed by atoms with Gasteiger partial charge in [-0.05, 0) is 30.3 Å². The van der Waals surface area contributed by atoms with E-state index < -0.39 is 46.6 Å². The highest BCUT2D eigenvalue weighted by Crippen LogP contribution is 2.37. The quantitative estimate of drug-likeness (QED) is 0.601. The van der Waals surface area contributed by atoms with Gasteiger partial charge in [0, 0.05) is 10.9 Å². The van der Waals surface area contributed by atoms with Crippen LogP contribution in [0.2, 0.25) is 0 Å². The average molecular weight is 416 g/mol. The number of carbonyl (C=O) groups excluding carboxylic acids is 2. The first-order chi connectivity index (χ1) is 13.4. The molecule has 2 amide bonds. The number of amides is 2. The molecular formula is C18H10F6N2O3. The van der Waals surface area contributed by atoms with Gasteiger partial charge in [0.15, 0.2) is 0 Å². The lowest BCUT2D eigenvalue weighted by Crippen LogP contribution is -2.19. The highest BCUT2D eigenvalue weighted by Gasteiger charge is 2.37. The summed E-state index contributed by atoms with van der Waals surface area (Å²) in [5.41, 5.74) is 0.843. The van der Waals surface area contributed by atoms with E-state index in [1.54, 1.807) is 6.07 Å². The van der Waals surface area contributed by atoms with Gasteiger partial charge in [-0.25, -0.2) is 0 Å². The molecular weight excluding hydrogens is 406 g/mol. The zero-order valence-electron chi connectivity index (χ0n) is 14.1. The molecule has 0 bridgehead atoms. The molecule has 152 valence electrons. The maximum absolute atomic E-state index is 13.0. The Kier molecular flexibility index (Phi) is 4.77. The second-order valence-corrected chi connectivity index (χ2v) is 5.92. The van der Waals surface area contributed by atoms with Crippen molar-refractivity contribution in [3.05, 3.63) is 64.9 Å². The van der Waals surface area contributed by atoms with E-state index in [-0.39, 0.29) is 34.9 Å². The van der Waals surface area contributed by atoms with E-state index >= 15 is 0 Å². The van der Waals surface area contributed by atoms with Gasteiger partial charge in [-0.3, -0.25) is 9.59 Å². The molecule has 0 fully saturated rings. The minimum absolute atomic E-state index is 0.0983. The molecule has 0 aliphatic carbocycles. The number of nitrogens with one attached hydrogen (secondary N) is 1. The predicted molar refractivity (Wildman–Crippen MR) is 89.1 cm³/mol. The molecule has 0 spiro atoms. The number of fused-ring (bicyclic) bond motifs is 1. The van der Waals surface area contributed by atoms with Crippen molar-refractivity contribution in [2.75, 3.05) is 5.32 Å². The second-order valence-electron chi connectivity index (χ2n) is 5.92.